The molecule has 2 aromatic rings. The van der Waals surface area contributed by atoms with Gasteiger partial charge in [0.1, 0.15) is 11.7 Å². The molecule has 0 aromatic heterocycles. The topological polar surface area (TPSA) is 193 Å². The summed E-state index contributed by atoms with van der Waals surface area (Å²) < 4.78 is 5.22. The van der Waals surface area contributed by atoms with Gasteiger partial charge in [-0.15, -0.1) is 0 Å². The average molecular weight is 631 g/mol. The molecule has 0 bridgehead atoms. The molecule has 5 atom stereocenters. The Bertz CT molecular complexity index is 1730. The van der Waals surface area contributed by atoms with Gasteiger partial charge in [0.15, 0.2) is 34.4 Å². The van der Waals surface area contributed by atoms with Crippen molar-refractivity contribution in [3.63, 3.8) is 0 Å². The van der Waals surface area contributed by atoms with Crippen LogP contribution in [0.3, 0.4) is 0 Å². The summed E-state index contributed by atoms with van der Waals surface area (Å²) in [6, 6.07) is 7.30. The summed E-state index contributed by atoms with van der Waals surface area (Å²) in [6.45, 7) is 6.66. The maximum absolute atomic E-state index is 13.5. The van der Waals surface area contributed by atoms with Crippen molar-refractivity contribution in [3.8, 4) is 17.2 Å². The Morgan fingerprint density at radius 1 is 0.935 bits per heavy atom. The third-order valence-electron chi connectivity index (χ3n) is 8.41. The molecule has 0 amide bonds. The molecule has 46 heavy (non-hydrogen) atoms. The minimum absolute atomic E-state index is 0.0428. The number of allylic oxidation sites excluding steroid dienone is 5. The number of phenolic OH excluding ortho intramolecular Hbond substituents is 3. The molecule has 4 N–H and O–H groups in total. The van der Waals surface area contributed by atoms with Gasteiger partial charge in [0.2, 0.25) is 17.3 Å². The molecular formula is C35H34O11. The van der Waals surface area contributed by atoms with Gasteiger partial charge in [-0.05, 0) is 72.9 Å². The van der Waals surface area contributed by atoms with Gasteiger partial charge in [-0.2, -0.15) is 0 Å². The van der Waals surface area contributed by atoms with E-state index in [1.165, 1.54) is 42.5 Å². The summed E-state index contributed by atoms with van der Waals surface area (Å²) in [5.74, 6) is -13.5. The second kappa shape index (κ2) is 13.1. The van der Waals surface area contributed by atoms with Gasteiger partial charge in [-0.1, -0.05) is 50.1 Å². The van der Waals surface area contributed by atoms with E-state index in [1.807, 2.05) is 19.9 Å². The number of esters is 1. The van der Waals surface area contributed by atoms with Crippen molar-refractivity contribution >= 4 is 41.0 Å². The Morgan fingerprint density at radius 2 is 1.54 bits per heavy atom. The first-order valence-electron chi connectivity index (χ1n) is 14.6. The molecule has 0 spiro atoms. The lowest BCUT2D eigenvalue weighted by molar-refractivity contribution is -0.151. The first kappa shape index (κ1) is 33.7. The van der Waals surface area contributed by atoms with Crippen LogP contribution in [0.5, 0.6) is 17.2 Å². The number of carbonyl (C=O) groups is 6. The number of aromatic hydroxyl groups is 3. The predicted molar refractivity (Wildman–Crippen MR) is 164 cm³/mol. The molecule has 2 aliphatic rings. The summed E-state index contributed by atoms with van der Waals surface area (Å²) >= 11 is 0. The number of ether oxygens (including phenoxy) is 1. The fraction of sp³-hybridized carbons (Fsp3) is 0.314. The SMILES string of the molecule is CCC(C)C=C(C)C=CC(=O)CC1C(=O)C(=O)C(O)(C(C)=O)C1c1cc(O)c(O)cc1C1C(=O)OC(=Cc2ccc(O)cc2)C1=O. The standard InChI is InChI=1S/C35H34O11/c1-5-17(2)12-18(3)6-9-22(38)14-25-30(35(45,19(4)36)33(43)31(25)41)24-16-27(40)26(39)15-23(24)29-32(42)28(46-34(29)44)13-20-7-10-21(37)11-8-20/h6-13,15-17,25,29-30,37,39-40,45H,5,14H2,1-4H3. The van der Waals surface area contributed by atoms with E-state index in [4.69, 9.17) is 4.74 Å². The van der Waals surface area contributed by atoms with Crippen LogP contribution in [0, 0.1) is 11.8 Å². The van der Waals surface area contributed by atoms with E-state index < -0.39 is 81.9 Å². The van der Waals surface area contributed by atoms with Gasteiger partial charge in [-0.3, -0.25) is 28.8 Å². The number of benzene rings is 2. The van der Waals surface area contributed by atoms with E-state index in [2.05, 4.69) is 0 Å². The zero-order valence-corrected chi connectivity index (χ0v) is 25.6. The Morgan fingerprint density at radius 3 is 2.13 bits per heavy atom. The first-order chi connectivity index (χ1) is 21.6. The van der Waals surface area contributed by atoms with Crippen LogP contribution < -0.4 is 0 Å². The van der Waals surface area contributed by atoms with Crippen molar-refractivity contribution < 1.29 is 53.9 Å². The second-order valence-electron chi connectivity index (χ2n) is 11.7. The quantitative estimate of drug-likeness (QED) is 0.0746. The van der Waals surface area contributed by atoms with Crippen molar-refractivity contribution in [2.45, 2.75) is 58.0 Å². The number of ketones is 5. The van der Waals surface area contributed by atoms with E-state index in [-0.39, 0.29) is 22.8 Å². The Kier molecular flexibility index (Phi) is 9.57. The molecule has 1 heterocycles. The number of phenols is 3. The van der Waals surface area contributed by atoms with Crippen LogP contribution in [-0.4, -0.2) is 60.9 Å². The van der Waals surface area contributed by atoms with Gasteiger partial charge in [0.05, 0.1) is 0 Å². The smallest absolute Gasteiger partial charge is 0.327 e. The minimum atomic E-state index is -3.01. The molecule has 1 saturated carbocycles. The molecule has 11 heteroatoms. The second-order valence-corrected chi connectivity index (χ2v) is 11.7. The largest absolute Gasteiger partial charge is 0.508 e. The number of Topliss-reactive ketones (excluding diaryl/α,β-unsaturated/α-hetero) is 4. The highest BCUT2D eigenvalue weighted by Gasteiger charge is 2.64. The third kappa shape index (κ3) is 6.32. The van der Waals surface area contributed by atoms with Crippen LogP contribution in [0.4, 0.5) is 0 Å². The van der Waals surface area contributed by atoms with Crippen LogP contribution in [0.15, 0.2) is 66.0 Å². The van der Waals surface area contributed by atoms with Crippen LogP contribution in [0.2, 0.25) is 0 Å². The molecule has 1 saturated heterocycles. The summed E-state index contributed by atoms with van der Waals surface area (Å²) in [4.78, 5) is 79.1. The Hall–Kier alpha value is -5.16. The van der Waals surface area contributed by atoms with Crippen molar-refractivity contribution in [2.75, 3.05) is 0 Å². The zero-order chi connectivity index (χ0) is 34.1. The monoisotopic (exact) mass is 630 g/mol. The predicted octanol–water partition coefficient (Wildman–Crippen LogP) is 3.73. The molecule has 4 rings (SSSR count). The molecule has 1 aliphatic carbocycles. The van der Waals surface area contributed by atoms with Crippen LogP contribution in [0.1, 0.15) is 69.1 Å². The van der Waals surface area contributed by atoms with Crippen molar-refractivity contribution in [1.82, 2.24) is 0 Å². The van der Waals surface area contributed by atoms with Gasteiger partial charge in [0, 0.05) is 18.3 Å². The van der Waals surface area contributed by atoms with Crippen molar-refractivity contribution in [3.05, 3.63) is 82.6 Å². The van der Waals surface area contributed by atoms with E-state index in [1.54, 1.807) is 6.92 Å². The van der Waals surface area contributed by atoms with Gasteiger partial charge in [0.25, 0.3) is 0 Å². The van der Waals surface area contributed by atoms with E-state index in [9.17, 15) is 49.2 Å². The van der Waals surface area contributed by atoms with Crippen molar-refractivity contribution in [2.24, 2.45) is 11.8 Å². The summed E-state index contributed by atoms with van der Waals surface area (Å²) in [6.07, 6.45) is 6.17. The number of hydrogen-bond donors (Lipinski definition) is 4. The molecule has 2 aromatic carbocycles. The molecule has 2 fully saturated rings. The minimum Gasteiger partial charge on any atom is -0.508 e. The molecular weight excluding hydrogens is 596 g/mol. The molecule has 240 valence electrons. The fourth-order valence-electron chi connectivity index (χ4n) is 5.79. The highest BCUT2D eigenvalue weighted by atomic mass is 16.5. The summed E-state index contributed by atoms with van der Waals surface area (Å²) in [5.41, 5.74) is -2.53. The lowest BCUT2D eigenvalue weighted by atomic mass is 9.73. The van der Waals surface area contributed by atoms with Gasteiger partial charge in [-0.25, -0.2) is 0 Å². The van der Waals surface area contributed by atoms with Crippen LogP contribution >= 0.6 is 0 Å². The molecule has 0 radical (unpaired) electrons. The van der Waals surface area contributed by atoms with Crippen LogP contribution in [-0.2, 0) is 33.5 Å². The van der Waals surface area contributed by atoms with E-state index in [0.29, 0.717) is 5.56 Å². The number of cyclic esters (lactones) is 1. The lowest BCUT2D eigenvalue weighted by Crippen LogP contribution is -2.47. The molecule has 5 unspecified atom stereocenters. The highest BCUT2D eigenvalue weighted by molar-refractivity contribution is 6.48. The Balaban J connectivity index is 1.82. The van der Waals surface area contributed by atoms with E-state index in [0.717, 1.165) is 31.1 Å². The normalized spacial score (nSPS) is 25.0. The van der Waals surface area contributed by atoms with Gasteiger partial charge >= 0.3 is 5.97 Å². The maximum Gasteiger partial charge on any atom is 0.327 e. The number of rotatable bonds is 10. The van der Waals surface area contributed by atoms with E-state index >= 15 is 0 Å². The first-order valence-corrected chi connectivity index (χ1v) is 14.6. The summed E-state index contributed by atoms with van der Waals surface area (Å²) in [7, 11) is 0. The zero-order valence-electron chi connectivity index (χ0n) is 25.6. The fourth-order valence-corrected chi connectivity index (χ4v) is 5.79. The van der Waals surface area contributed by atoms with Gasteiger partial charge < -0.3 is 25.2 Å². The number of carbonyl (C=O) groups excluding carboxylic acids is 6. The molecule has 1 aliphatic heterocycles. The number of hydrogen-bond acceptors (Lipinski definition) is 11. The van der Waals surface area contributed by atoms with Crippen molar-refractivity contribution in [1.29, 1.82) is 0 Å². The summed E-state index contributed by atoms with van der Waals surface area (Å²) in [5, 5.41) is 42.0. The van der Waals surface area contributed by atoms with Crippen LogP contribution in [0.25, 0.3) is 6.08 Å². The lowest BCUT2D eigenvalue weighted by Gasteiger charge is -2.30. The highest BCUT2D eigenvalue weighted by Crippen LogP contribution is 2.50. The molecule has 11 nitrogen and oxygen atoms in total. The maximum atomic E-state index is 13.5. The average Bonchev–Trinajstić information content (AvgIpc) is 3.38. The third-order valence-corrected chi connectivity index (χ3v) is 8.41. The Labute approximate surface area is 264 Å². The number of aliphatic hydroxyl groups is 1.